The molecule has 0 saturated carbocycles. The van der Waals surface area contributed by atoms with E-state index < -0.39 is 30.9 Å². The number of aliphatic hydroxyl groups excluding tert-OH is 3. The number of rotatable bonds is 8. The van der Waals surface area contributed by atoms with Crippen molar-refractivity contribution in [1.29, 1.82) is 0 Å². The van der Waals surface area contributed by atoms with Crippen LogP contribution >= 0.6 is 0 Å². The van der Waals surface area contributed by atoms with Crippen molar-refractivity contribution in [1.82, 2.24) is 0 Å². The minimum absolute atomic E-state index is 0.197. The van der Waals surface area contributed by atoms with Crippen LogP contribution in [0.5, 0.6) is 0 Å². The summed E-state index contributed by atoms with van der Waals surface area (Å²) in [5, 5.41) is 35.6. The minimum atomic E-state index is -1.62. The van der Waals surface area contributed by atoms with E-state index in [1.54, 1.807) is 0 Å². The molecular formula is C9H18O6. The van der Waals surface area contributed by atoms with Crippen LogP contribution in [0, 0.1) is 0 Å². The van der Waals surface area contributed by atoms with Crippen molar-refractivity contribution in [2.75, 3.05) is 13.2 Å². The molecule has 0 amide bonds. The van der Waals surface area contributed by atoms with Gasteiger partial charge in [0.2, 0.25) is 0 Å². The zero-order chi connectivity index (χ0) is 11.8. The van der Waals surface area contributed by atoms with Gasteiger partial charge in [-0.2, -0.15) is 0 Å². The number of carboxylic acids is 1. The minimum Gasteiger partial charge on any atom is -0.479 e. The number of hydrogen-bond acceptors (Lipinski definition) is 5. The molecule has 0 aromatic heterocycles. The molecule has 0 aliphatic rings. The van der Waals surface area contributed by atoms with Gasteiger partial charge in [-0.1, -0.05) is 13.3 Å². The van der Waals surface area contributed by atoms with E-state index in [9.17, 15) is 9.90 Å². The molecule has 0 spiro atoms. The molecule has 6 nitrogen and oxygen atoms in total. The Morgan fingerprint density at radius 3 is 2.40 bits per heavy atom. The van der Waals surface area contributed by atoms with Gasteiger partial charge in [0.15, 0.2) is 6.10 Å². The predicted molar refractivity (Wildman–Crippen MR) is 51.4 cm³/mol. The van der Waals surface area contributed by atoms with Gasteiger partial charge in [-0.15, -0.1) is 0 Å². The molecule has 0 aromatic rings. The number of aliphatic hydroxyl groups is 3. The summed E-state index contributed by atoms with van der Waals surface area (Å²) in [7, 11) is 0. The van der Waals surface area contributed by atoms with Crippen molar-refractivity contribution in [3.63, 3.8) is 0 Å². The van der Waals surface area contributed by atoms with Crippen molar-refractivity contribution in [2.24, 2.45) is 0 Å². The molecule has 0 fully saturated rings. The Labute approximate surface area is 88.1 Å². The lowest BCUT2D eigenvalue weighted by atomic mass is 10.1. The van der Waals surface area contributed by atoms with Crippen LogP contribution in [0.3, 0.4) is 0 Å². The Morgan fingerprint density at radius 1 is 1.40 bits per heavy atom. The number of hydrogen-bond donors (Lipinski definition) is 4. The molecule has 0 heterocycles. The number of aliphatic carboxylic acids is 1. The highest BCUT2D eigenvalue weighted by atomic mass is 16.5. The first-order valence-electron chi connectivity index (χ1n) is 4.86. The standard InChI is InChI=1S/C9H18O6/c1-2-3-4-15-8(9(13)14)7(12)6(11)5-10/h6-8,10-12H,2-5H2,1H3,(H,13,14)/t6-,7-,8+/m1/s1. The van der Waals surface area contributed by atoms with Crippen molar-refractivity contribution in [2.45, 2.75) is 38.1 Å². The fraction of sp³-hybridized carbons (Fsp3) is 0.889. The normalized spacial score (nSPS) is 17.1. The Morgan fingerprint density at radius 2 is 2.00 bits per heavy atom. The lowest BCUT2D eigenvalue weighted by Crippen LogP contribution is -2.45. The molecular weight excluding hydrogens is 204 g/mol. The number of carboxylic acid groups (broad SMARTS) is 1. The highest BCUT2D eigenvalue weighted by Crippen LogP contribution is 2.06. The van der Waals surface area contributed by atoms with Crippen LogP contribution in [0.2, 0.25) is 0 Å². The monoisotopic (exact) mass is 222 g/mol. The zero-order valence-corrected chi connectivity index (χ0v) is 8.67. The second-order valence-electron chi connectivity index (χ2n) is 3.22. The third-order valence-electron chi connectivity index (χ3n) is 1.93. The molecule has 0 bridgehead atoms. The summed E-state index contributed by atoms with van der Waals surface area (Å²) in [5.74, 6) is -1.36. The van der Waals surface area contributed by atoms with Gasteiger partial charge in [0, 0.05) is 6.61 Å². The number of unbranched alkanes of at least 4 members (excludes halogenated alkanes) is 1. The lowest BCUT2D eigenvalue weighted by Gasteiger charge is -2.22. The van der Waals surface area contributed by atoms with Crippen LogP contribution in [-0.2, 0) is 9.53 Å². The highest BCUT2D eigenvalue weighted by molar-refractivity contribution is 5.73. The summed E-state index contributed by atoms with van der Waals surface area (Å²) in [6.45, 7) is 1.41. The Balaban J connectivity index is 4.19. The van der Waals surface area contributed by atoms with Crippen molar-refractivity contribution in [3.05, 3.63) is 0 Å². The largest absolute Gasteiger partial charge is 0.479 e. The summed E-state index contributed by atoms with van der Waals surface area (Å²) in [5.41, 5.74) is 0. The van der Waals surface area contributed by atoms with Crippen LogP contribution in [0.25, 0.3) is 0 Å². The third kappa shape index (κ3) is 5.08. The Hall–Kier alpha value is -0.690. The van der Waals surface area contributed by atoms with E-state index in [1.807, 2.05) is 6.92 Å². The summed E-state index contributed by atoms with van der Waals surface area (Å²) in [6.07, 6.45) is -3.12. The molecule has 0 aliphatic heterocycles. The van der Waals surface area contributed by atoms with Gasteiger partial charge in [0.25, 0.3) is 0 Å². The first-order valence-corrected chi connectivity index (χ1v) is 4.86. The molecule has 4 N–H and O–H groups in total. The molecule has 0 aliphatic carbocycles. The topological polar surface area (TPSA) is 107 Å². The van der Waals surface area contributed by atoms with Crippen molar-refractivity contribution in [3.8, 4) is 0 Å². The van der Waals surface area contributed by atoms with E-state index in [2.05, 4.69) is 0 Å². The SMILES string of the molecule is CCCCO[C@H](C(=O)O)[C@H](O)[C@H](O)CO. The molecule has 6 heteroatoms. The number of carbonyl (C=O) groups is 1. The van der Waals surface area contributed by atoms with Gasteiger partial charge in [-0.25, -0.2) is 4.79 Å². The van der Waals surface area contributed by atoms with E-state index in [-0.39, 0.29) is 6.61 Å². The van der Waals surface area contributed by atoms with Crippen LogP contribution in [-0.4, -0.2) is 57.9 Å². The fourth-order valence-corrected chi connectivity index (χ4v) is 0.980. The number of ether oxygens (including phenoxy) is 1. The van der Waals surface area contributed by atoms with E-state index in [0.717, 1.165) is 6.42 Å². The summed E-state index contributed by atoms with van der Waals surface area (Å²) in [6, 6.07) is 0. The van der Waals surface area contributed by atoms with Gasteiger partial charge >= 0.3 is 5.97 Å². The molecule has 3 atom stereocenters. The molecule has 0 saturated heterocycles. The van der Waals surface area contributed by atoms with E-state index in [4.69, 9.17) is 20.1 Å². The van der Waals surface area contributed by atoms with Gasteiger partial charge in [-0.3, -0.25) is 0 Å². The first-order chi connectivity index (χ1) is 7.04. The molecule has 0 rings (SSSR count). The maximum atomic E-state index is 10.7. The van der Waals surface area contributed by atoms with Gasteiger partial charge in [-0.05, 0) is 6.42 Å². The summed E-state index contributed by atoms with van der Waals surface area (Å²) < 4.78 is 4.91. The summed E-state index contributed by atoms with van der Waals surface area (Å²) >= 11 is 0. The maximum Gasteiger partial charge on any atom is 0.335 e. The summed E-state index contributed by atoms with van der Waals surface area (Å²) in [4.78, 5) is 10.7. The average molecular weight is 222 g/mol. The van der Waals surface area contributed by atoms with Gasteiger partial charge < -0.3 is 25.2 Å². The fourth-order valence-electron chi connectivity index (χ4n) is 0.980. The van der Waals surface area contributed by atoms with Gasteiger partial charge in [0.1, 0.15) is 12.2 Å². The molecule has 15 heavy (non-hydrogen) atoms. The van der Waals surface area contributed by atoms with Crippen molar-refractivity contribution < 1.29 is 30.0 Å². The van der Waals surface area contributed by atoms with Crippen LogP contribution in [0.4, 0.5) is 0 Å². The molecule has 0 unspecified atom stereocenters. The third-order valence-corrected chi connectivity index (χ3v) is 1.93. The van der Waals surface area contributed by atoms with Crippen LogP contribution in [0.15, 0.2) is 0 Å². The van der Waals surface area contributed by atoms with E-state index >= 15 is 0 Å². The zero-order valence-electron chi connectivity index (χ0n) is 8.67. The van der Waals surface area contributed by atoms with E-state index in [0.29, 0.717) is 6.42 Å². The molecule has 0 aromatic carbocycles. The quantitative estimate of drug-likeness (QED) is 0.391. The van der Waals surface area contributed by atoms with E-state index in [1.165, 1.54) is 0 Å². The maximum absolute atomic E-state index is 10.7. The second kappa shape index (κ2) is 7.58. The highest BCUT2D eigenvalue weighted by Gasteiger charge is 2.32. The second-order valence-corrected chi connectivity index (χ2v) is 3.22. The molecule has 0 radical (unpaired) electrons. The van der Waals surface area contributed by atoms with Crippen molar-refractivity contribution >= 4 is 5.97 Å². The smallest absolute Gasteiger partial charge is 0.335 e. The average Bonchev–Trinajstić information content (AvgIpc) is 2.22. The van der Waals surface area contributed by atoms with Crippen LogP contribution in [0.1, 0.15) is 19.8 Å². The molecule has 90 valence electrons. The first kappa shape index (κ1) is 14.3. The van der Waals surface area contributed by atoms with Gasteiger partial charge in [0.05, 0.1) is 6.61 Å². The Kier molecular flexibility index (Phi) is 7.23. The predicted octanol–water partition coefficient (Wildman–Crippen LogP) is -1.03. The van der Waals surface area contributed by atoms with Crippen LogP contribution < -0.4 is 0 Å². The lowest BCUT2D eigenvalue weighted by molar-refractivity contribution is -0.166. The Bertz CT molecular complexity index is 183.